The Kier molecular flexibility index (Phi) is 5.45. The van der Waals surface area contributed by atoms with E-state index < -0.39 is 0 Å². The lowest BCUT2D eigenvalue weighted by atomic mass is 10.1. The van der Waals surface area contributed by atoms with Crippen LogP contribution >= 0.6 is 11.6 Å². The number of amides is 1. The number of nitrogens with one attached hydrogen (secondary N) is 1. The average molecular weight is 318 g/mol. The first kappa shape index (κ1) is 16.4. The third-order valence-corrected chi connectivity index (χ3v) is 3.78. The van der Waals surface area contributed by atoms with Gasteiger partial charge in [0.05, 0.1) is 6.04 Å². The monoisotopic (exact) mass is 317 g/mol. The highest BCUT2D eigenvalue weighted by atomic mass is 35.5. The topological polar surface area (TPSA) is 38.3 Å². The molecule has 22 heavy (non-hydrogen) atoms. The number of aryl methyl sites for hydroxylation is 2. The lowest BCUT2D eigenvalue weighted by Gasteiger charge is -2.16. The van der Waals surface area contributed by atoms with E-state index in [1.165, 1.54) is 5.56 Å². The van der Waals surface area contributed by atoms with E-state index in [4.69, 9.17) is 16.3 Å². The summed E-state index contributed by atoms with van der Waals surface area (Å²) in [5.41, 5.74) is 3.08. The van der Waals surface area contributed by atoms with E-state index in [0.29, 0.717) is 5.02 Å². The van der Waals surface area contributed by atoms with Crippen LogP contribution in [0.4, 0.5) is 0 Å². The standard InChI is InChI=1S/C18H20ClNO2/c1-12-8-9-17(13(2)10-12)22-11-18(21)20-14(3)15-6-4-5-7-16(15)19/h4-10,14H,11H2,1-3H3,(H,20,21). The molecule has 1 unspecified atom stereocenters. The third-order valence-electron chi connectivity index (χ3n) is 3.44. The Morgan fingerprint density at radius 1 is 1.23 bits per heavy atom. The molecule has 0 saturated heterocycles. The molecule has 116 valence electrons. The molecule has 0 fully saturated rings. The van der Waals surface area contributed by atoms with Crippen LogP contribution < -0.4 is 10.1 Å². The van der Waals surface area contributed by atoms with Gasteiger partial charge >= 0.3 is 0 Å². The van der Waals surface area contributed by atoms with E-state index in [1.807, 2.05) is 63.2 Å². The molecule has 1 atom stereocenters. The number of ether oxygens (including phenoxy) is 1. The first-order valence-corrected chi connectivity index (χ1v) is 7.59. The van der Waals surface area contributed by atoms with E-state index in [0.717, 1.165) is 16.9 Å². The minimum atomic E-state index is -0.174. The molecule has 0 spiro atoms. The summed E-state index contributed by atoms with van der Waals surface area (Å²) in [6.45, 7) is 5.87. The number of rotatable bonds is 5. The second-order valence-electron chi connectivity index (χ2n) is 5.37. The van der Waals surface area contributed by atoms with Crippen LogP contribution in [-0.4, -0.2) is 12.5 Å². The molecule has 0 saturated carbocycles. The maximum Gasteiger partial charge on any atom is 0.258 e. The van der Waals surface area contributed by atoms with Gasteiger partial charge in [-0.15, -0.1) is 0 Å². The van der Waals surface area contributed by atoms with Gasteiger partial charge in [0.15, 0.2) is 6.61 Å². The zero-order valence-electron chi connectivity index (χ0n) is 13.0. The fourth-order valence-corrected chi connectivity index (χ4v) is 2.59. The van der Waals surface area contributed by atoms with E-state index in [9.17, 15) is 4.79 Å². The molecule has 0 aliphatic heterocycles. The number of carbonyl (C=O) groups is 1. The molecule has 0 heterocycles. The Bertz CT molecular complexity index is 670. The van der Waals surface area contributed by atoms with Crippen molar-refractivity contribution in [1.29, 1.82) is 0 Å². The summed E-state index contributed by atoms with van der Waals surface area (Å²) in [6.07, 6.45) is 0. The lowest BCUT2D eigenvalue weighted by molar-refractivity contribution is -0.123. The van der Waals surface area contributed by atoms with Crippen molar-refractivity contribution in [2.45, 2.75) is 26.8 Å². The largest absolute Gasteiger partial charge is 0.484 e. The van der Waals surface area contributed by atoms with Crippen LogP contribution in [-0.2, 0) is 4.79 Å². The Hall–Kier alpha value is -2.00. The van der Waals surface area contributed by atoms with Gasteiger partial charge in [-0.05, 0) is 44.0 Å². The van der Waals surface area contributed by atoms with Gasteiger partial charge < -0.3 is 10.1 Å². The molecule has 2 aromatic carbocycles. The number of hydrogen-bond donors (Lipinski definition) is 1. The van der Waals surface area contributed by atoms with Crippen molar-refractivity contribution < 1.29 is 9.53 Å². The zero-order valence-corrected chi connectivity index (χ0v) is 13.8. The number of carbonyl (C=O) groups excluding carboxylic acids is 1. The van der Waals surface area contributed by atoms with Crippen LogP contribution in [0.2, 0.25) is 5.02 Å². The molecule has 1 amide bonds. The van der Waals surface area contributed by atoms with Crippen molar-refractivity contribution in [3.05, 3.63) is 64.2 Å². The van der Waals surface area contributed by atoms with Crippen LogP contribution in [0.3, 0.4) is 0 Å². The summed E-state index contributed by atoms with van der Waals surface area (Å²) < 4.78 is 5.58. The molecule has 0 aliphatic carbocycles. The molecule has 2 aromatic rings. The first-order chi connectivity index (χ1) is 10.5. The predicted molar refractivity (Wildman–Crippen MR) is 89.4 cm³/mol. The molecule has 0 aliphatic rings. The summed E-state index contributed by atoms with van der Waals surface area (Å²) in [5, 5.41) is 3.53. The fraction of sp³-hybridized carbons (Fsp3) is 0.278. The third kappa shape index (κ3) is 4.25. The predicted octanol–water partition coefficient (Wildman–Crippen LogP) is 4.21. The highest BCUT2D eigenvalue weighted by molar-refractivity contribution is 6.31. The van der Waals surface area contributed by atoms with Crippen LogP contribution in [0.1, 0.15) is 29.7 Å². The molecule has 1 N–H and O–H groups in total. The zero-order chi connectivity index (χ0) is 16.1. The van der Waals surface area contributed by atoms with Gasteiger partial charge in [-0.2, -0.15) is 0 Å². The molecule has 2 rings (SSSR count). The summed E-state index contributed by atoms with van der Waals surface area (Å²) >= 11 is 6.13. The average Bonchev–Trinajstić information content (AvgIpc) is 2.46. The van der Waals surface area contributed by atoms with Gasteiger partial charge in [0.1, 0.15) is 5.75 Å². The van der Waals surface area contributed by atoms with Crippen molar-refractivity contribution in [2.24, 2.45) is 0 Å². The van der Waals surface area contributed by atoms with Crippen LogP contribution in [0.25, 0.3) is 0 Å². The van der Waals surface area contributed by atoms with Gasteiger partial charge in [-0.3, -0.25) is 4.79 Å². The van der Waals surface area contributed by atoms with Crippen LogP contribution in [0.15, 0.2) is 42.5 Å². The maximum atomic E-state index is 12.0. The second kappa shape index (κ2) is 7.32. The van der Waals surface area contributed by atoms with Gasteiger partial charge in [0.25, 0.3) is 5.91 Å². The Morgan fingerprint density at radius 3 is 2.64 bits per heavy atom. The summed E-state index contributed by atoms with van der Waals surface area (Å²) in [6, 6.07) is 13.2. The molecule has 0 radical (unpaired) electrons. The Balaban J connectivity index is 1.92. The minimum Gasteiger partial charge on any atom is -0.484 e. The van der Waals surface area contributed by atoms with E-state index in [-0.39, 0.29) is 18.6 Å². The van der Waals surface area contributed by atoms with Gasteiger partial charge in [0, 0.05) is 5.02 Å². The van der Waals surface area contributed by atoms with Gasteiger partial charge in [0.2, 0.25) is 0 Å². The van der Waals surface area contributed by atoms with Crippen LogP contribution in [0, 0.1) is 13.8 Å². The van der Waals surface area contributed by atoms with Crippen molar-refractivity contribution in [2.75, 3.05) is 6.61 Å². The van der Waals surface area contributed by atoms with Gasteiger partial charge in [-0.1, -0.05) is 47.5 Å². The normalized spacial score (nSPS) is 11.8. The summed E-state index contributed by atoms with van der Waals surface area (Å²) in [7, 11) is 0. The van der Waals surface area contributed by atoms with Crippen molar-refractivity contribution in [3.8, 4) is 5.75 Å². The van der Waals surface area contributed by atoms with Crippen molar-refractivity contribution in [1.82, 2.24) is 5.32 Å². The number of hydrogen-bond acceptors (Lipinski definition) is 2. The highest BCUT2D eigenvalue weighted by Gasteiger charge is 2.13. The molecular weight excluding hydrogens is 298 g/mol. The van der Waals surface area contributed by atoms with Crippen molar-refractivity contribution >= 4 is 17.5 Å². The minimum absolute atomic E-state index is 0.0152. The maximum absolute atomic E-state index is 12.0. The summed E-state index contributed by atoms with van der Waals surface area (Å²) in [4.78, 5) is 12.0. The quantitative estimate of drug-likeness (QED) is 0.897. The first-order valence-electron chi connectivity index (χ1n) is 7.21. The SMILES string of the molecule is Cc1ccc(OCC(=O)NC(C)c2ccccc2Cl)c(C)c1. The smallest absolute Gasteiger partial charge is 0.258 e. The summed E-state index contributed by atoms with van der Waals surface area (Å²) in [5.74, 6) is 0.554. The van der Waals surface area contributed by atoms with Crippen molar-refractivity contribution in [3.63, 3.8) is 0 Å². The second-order valence-corrected chi connectivity index (χ2v) is 5.78. The highest BCUT2D eigenvalue weighted by Crippen LogP contribution is 2.22. The van der Waals surface area contributed by atoms with E-state index >= 15 is 0 Å². The fourth-order valence-electron chi connectivity index (χ4n) is 2.29. The molecule has 3 nitrogen and oxygen atoms in total. The lowest BCUT2D eigenvalue weighted by Crippen LogP contribution is -2.31. The van der Waals surface area contributed by atoms with Crippen LogP contribution in [0.5, 0.6) is 5.75 Å². The molecule has 0 bridgehead atoms. The number of benzene rings is 2. The molecular formula is C18H20ClNO2. The van der Waals surface area contributed by atoms with E-state index in [2.05, 4.69) is 5.32 Å². The molecule has 0 aromatic heterocycles. The van der Waals surface area contributed by atoms with E-state index in [1.54, 1.807) is 0 Å². The van der Waals surface area contributed by atoms with Gasteiger partial charge in [-0.25, -0.2) is 0 Å². The Labute approximate surface area is 136 Å². The Morgan fingerprint density at radius 2 is 1.95 bits per heavy atom. The molecule has 4 heteroatoms. The number of halogens is 1.